The normalized spacial score (nSPS) is 23.4. The van der Waals surface area contributed by atoms with Gasteiger partial charge in [0.25, 0.3) is 0 Å². The first-order valence-electron chi connectivity index (χ1n) is 9.20. The van der Waals surface area contributed by atoms with Crippen LogP contribution < -0.4 is 5.32 Å². The molecule has 0 aromatic carbocycles. The maximum Gasteiger partial charge on any atom is 0.407 e. The van der Waals surface area contributed by atoms with Crippen molar-refractivity contribution in [3.05, 3.63) is 12.7 Å². The summed E-state index contributed by atoms with van der Waals surface area (Å²) in [5.41, 5.74) is 0. The monoisotopic (exact) mass is 355 g/mol. The van der Waals surface area contributed by atoms with Crippen molar-refractivity contribution in [1.82, 2.24) is 5.32 Å². The van der Waals surface area contributed by atoms with Crippen LogP contribution in [0.15, 0.2) is 12.7 Å². The average molecular weight is 356 g/mol. The van der Waals surface area contributed by atoms with Crippen molar-refractivity contribution in [2.75, 3.05) is 13.7 Å². The lowest BCUT2D eigenvalue weighted by molar-refractivity contribution is 0.139. The molecule has 0 radical (unpaired) electrons. The van der Waals surface area contributed by atoms with Gasteiger partial charge in [-0.1, -0.05) is 26.8 Å². The molecule has 24 heavy (non-hydrogen) atoms. The minimum atomic E-state index is -1.65. The highest BCUT2D eigenvalue weighted by Crippen LogP contribution is 2.38. The summed E-state index contributed by atoms with van der Waals surface area (Å²) in [6.45, 7) is 16.2. The number of ether oxygens (including phenoxy) is 1. The third-order valence-electron chi connectivity index (χ3n) is 5.86. The van der Waals surface area contributed by atoms with E-state index in [1.54, 1.807) is 0 Å². The molecule has 1 aliphatic carbocycles. The lowest BCUT2D eigenvalue weighted by atomic mass is 9.78. The first-order chi connectivity index (χ1) is 11.1. The predicted molar refractivity (Wildman–Crippen MR) is 103 cm³/mol. The summed E-state index contributed by atoms with van der Waals surface area (Å²) in [6, 6.07) is 0.136. The number of hydrogen-bond donors (Lipinski definition) is 1. The average Bonchev–Trinajstić information content (AvgIpc) is 2.52. The van der Waals surface area contributed by atoms with Crippen LogP contribution in [0.5, 0.6) is 0 Å². The SMILES string of the molecule is C=CC[C@@H](NC(=O)OC)C1CCC(CO[Si](C)(C)C(C)(C)C)CC1. The highest BCUT2D eigenvalue weighted by Gasteiger charge is 2.38. The third-order valence-corrected chi connectivity index (χ3v) is 10.4. The smallest absolute Gasteiger partial charge is 0.407 e. The number of amides is 1. The number of alkyl carbamates (subject to hydrolysis) is 1. The van der Waals surface area contributed by atoms with E-state index in [1.165, 1.54) is 20.0 Å². The minimum absolute atomic E-state index is 0.136. The summed E-state index contributed by atoms with van der Waals surface area (Å²) in [4.78, 5) is 11.5. The molecule has 140 valence electrons. The quantitative estimate of drug-likeness (QED) is 0.509. The highest BCUT2D eigenvalue weighted by molar-refractivity contribution is 6.74. The van der Waals surface area contributed by atoms with Crippen LogP contribution in [0.1, 0.15) is 52.9 Å². The lowest BCUT2D eigenvalue weighted by Crippen LogP contribution is -2.43. The molecule has 0 aliphatic heterocycles. The van der Waals surface area contributed by atoms with Crippen LogP contribution in [-0.4, -0.2) is 34.2 Å². The van der Waals surface area contributed by atoms with Gasteiger partial charge in [0.1, 0.15) is 0 Å². The number of rotatable bonds is 7. The summed E-state index contributed by atoms with van der Waals surface area (Å²) in [7, 11) is -0.242. The standard InChI is InChI=1S/C19H37NO3Si/c1-8-9-17(20-18(21)22-5)16-12-10-15(11-13-16)14-23-24(6,7)19(2,3)4/h8,15-17H,1,9-14H2,2-7H3,(H,20,21)/t15?,16?,17-/m1/s1. The second-order valence-electron chi connectivity index (χ2n) is 8.62. The molecule has 0 aromatic rings. The Morgan fingerprint density at radius 3 is 2.33 bits per heavy atom. The largest absolute Gasteiger partial charge is 0.453 e. The molecule has 0 aromatic heterocycles. The molecule has 1 aliphatic rings. The van der Waals surface area contributed by atoms with E-state index >= 15 is 0 Å². The fraction of sp³-hybridized carbons (Fsp3) is 0.842. The molecule has 0 spiro atoms. The second kappa shape index (κ2) is 9.04. The first kappa shape index (κ1) is 21.2. The van der Waals surface area contributed by atoms with Gasteiger partial charge in [0, 0.05) is 12.6 Å². The molecular formula is C19H37NO3Si. The van der Waals surface area contributed by atoms with Crippen molar-refractivity contribution in [3.63, 3.8) is 0 Å². The molecule has 1 fully saturated rings. The Hall–Kier alpha value is -0.813. The Bertz CT molecular complexity index is 409. The maximum atomic E-state index is 11.5. The van der Waals surface area contributed by atoms with Gasteiger partial charge >= 0.3 is 6.09 Å². The zero-order valence-corrected chi connectivity index (χ0v) is 17.5. The second-order valence-corrected chi connectivity index (χ2v) is 13.4. The van der Waals surface area contributed by atoms with Crippen LogP contribution in [0.2, 0.25) is 18.1 Å². The van der Waals surface area contributed by atoms with Crippen LogP contribution in [0.4, 0.5) is 4.79 Å². The van der Waals surface area contributed by atoms with Crippen molar-refractivity contribution < 1.29 is 14.0 Å². The van der Waals surface area contributed by atoms with E-state index in [1.807, 2.05) is 6.08 Å². The Labute approximate surface area is 149 Å². The lowest BCUT2D eigenvalue weighted by Gasteiger charge is -2.39. The molecule has 0 saturated heterocycles. The zero-order valence-electron chi connectivity index (χ0n) is 16.5. The first-order valence-corrected chi connectivity index (χ1v) is 12.1. The van der Waals surface area contributed by atoms with E-state index in [0.29, 0.717) is 11.8 Å². The molecule has 0 unspecified atom stereocenters. The van der Waals surface area contributed by atoms with E-state index in [4.69, 9.17) is 9.16 Å². The van der Waals surface area contributed by atoms with Crippen LogP contribution in [-0.2, 0) is 9.16 Å². The fourth-order valence-corrected chi connectivity index (χ4v) is 4.14. The van der Waals surface area contributed by atoms with E-state index in [2.05, 4.69) is 45.8 Å². The Morgan fingerprint density at radius 2 is 1.88 bits per heavy atom. The van der Waals surface area contributed by atoms with Gasteiger partial charge in [-0.3, -0.25) is 0 Å². The maximum absolute atomic E-state index is 11.5. The molecule has 0 bridgehead atoms. The number of carbonyl (C=O) groups excluding carboxylic acids is 1. The van der Waals surface area contributed by atoms with Gasteiger partial charge in [-0.05, 0) is 62.1 Å². The van der Waals surface area contributed by atoms with Gasteiger partial charge in [-0.2, -0.15) is 0 Å². The van der Waals surface area contributed by atoms with E-state index in [0.717, 1.165) is 25.9 Å². The molecule has 1 saturated carbocycles. The third kappa shape index (κ3) is 6.24. The van der Waals surface area contributed by atoms with Crippen molar-refractivity contribution in [2.24, 2.45) is 11.8 Å². The van der Waals surface area contributed by atoms with Crippen LogP contribution in [0.25, 0.3) is 0 Å². The van der Waals surface area contributed by atoms with Crippen molar-refractivity contribution >= 4 is 14.4 Å². The summed E-state index contributed by atoms with van der Waals surface area (Å²) < 4.78 is 11.1. The van der Waals surface area contributed by atoms with Crippen LogP contribution >= 0.6 is 0 Å². The predicted octanol–water partition coefficient (Wildman–Crippen LogP) is 5.12. The zero-order chi connectivity index (χ0) is 18.4. The molecule has 5 heteroatoms. The van der Waals surface area contributed by atoms with Crippen LogP contribution in [0, 0.1) is 11.8 Å². The molecule has 1 rings (SSSR count). The van der Waals surface area contributed by atoms with Crippen molar-refractivity contribution in [3.8, 4) is 0 Å². The summed E-state index contributed by atoms with van der Waals surface area (Å²) in [5, 5.41) is 3.24. The Morgan fingerprint density at radius 1 is 1.29 bits per heavy atom. The van der Waals surface area contributed by atoms with E-state index in [9.17, 15) is 4.79 Å². The van der Waals surface area contributed by atoms with Crippen molar-refractivity contribution in [1.29, 1.82) is 0 Å². The summed E-state index contributed by atoms with van der Waals surface area (Å²) in [6.07, 6.45) is 6.96. The van der Waals surface area contributed by atoms with E-state index in [-0.39, 0.29) is 17.2 Å². The minimum Gasteiger partial charge on any atom is -0.453 e. The van der Waals surface area contributed by atoms with Gasteiger partial charge in [0.2, 0.25) is 0 Å². The number of methoxy groups -OCH3 is 1. The molecule has 0 heterocycles. The van der Waals surface area contributed by atoms with Crippen molar-refractivity contribution in [2.45, 2.75) is 77.0 Å². The molecule has 4 nitrogen and oxygen atoms in total. The van der Waals surface area contributed by atoms with E-state index < -0.39 is 8.32 Å². The molecule has 1 N–H and O–H groups in total. The molecule has 1 atom stereocenters. The van der Waals surface area contributed by atoms with Gasteiger partial charge in [-0.15, -0.1) is 6.58 Å². The number of nitrogens with one attached hydrogen (secondary N) is 1. The Balaban J connectivity index is 2.47. The van der Waals surface area contributed by atoms with Gasteiger partial charge in [0.05, 0.1) is 7.11 Å². The number of carbonyl (C=O) groups is 1. The van der Waals surface area contributed by atoms with Gasteiger partial charge in [0.15, 0.2) is 8.32 Å². The summed E-state index contributed by atoms with van der Waals surface area (Å²) in [5.74, 6) is 1.16. The summed E-state index contributed by atoms with van der Waals surface area (Å²) >= 11 is 0. The van der Waals surface area contributed by atoms with Gasteiger partial charge < -0.3 is 14.5 Å². The molecular weight excluding hydrogens is 318 g/mol. The van der Waals surface area contributed by atoms with Crippen LogP contribution in [0.3, 0.4) is 0 Å². The molecule has 1 amide bonds. The highest BCUT2D eigenvalue weighted by atomic mass is 28.4. The topological polar surface area (TPSA) is 47.6 Å². The van der Waals surface area contributed by atoms with Gasteiger partial charge in [-0.25, -0.2) is 4.79 Å². The Kier molecular flexibility index (Phi) is 8.00. The fourth-order valence-electron chi connectivity index (χ4n) is 3.06. The number of hydrogen-bond acceptors (Lipinski definition) is 3.